The zero-order chi connectivity index (χ0) is 18.6. The quantitative estimate of drug-likeness (QED) is 0.699. The Balaban J connectivity index is 2.09. The van der Waals surface area contributed by atoms with Crippen LogP contribution in [0.2, 0.25) is 0 Å². The first-order chi connectivity index (χ1) is 11.8. The lowest BCUT2D eigenvalue weighted by Crippen LogP contribution is -2.33. The number of carbonyl (C=O) groups is 2. The summed E-state index contributed by atoms with van der Waals surface area (Å²) in [6, 6.07) is 0.266. The number of amides is 3. The first kappa shape index (κ1) is 18.9. The molecule has 1 fully saturated rings. The summed E-state index contributed by atoms with van der Waals surface area (Å²) in [6.07, 6.45) is 0. The summed E-state index contributed by atoms with van der Waals surface area (Å²) in [6.45, 7) is 0. The highest BCUT2D eigenvalue weighted by atomic mass is 32.3. The number of nitrogens with one attached hydrogen (secondary N) is 1. The molecule has 0 saturated carbocycles. The molecule has 0 bridgehead atoms. The van der Waals surface area contributed by atoms with Gasteiger partial charge in [0.15, 0.2) is 0 Å². The van der Waals surface area contributed by atoms with Gasteiger partial charge >= 0.3 is 16.1 Å². The van der Waals surface area contributed by atoms with Crippen LogP contribution in [0.5, 0.6) is 11.8 Å². The molecule has 2 heterocycles. The van der Waals surface area contributed by atoms with Gasteiger partial charge in [-0.15, -0.1) is 11.8 Å². The number of hydrogen-bond acceptors (Lipinski definition) is 9. The van der Waals surface area contributed by atoms with E-state index in [1.165, 1.54) is 27.3 Å². The molecule has 0 aliphatic carbocycles. The van der Waals surface area contributed by atoms with Crippen molar-refractivity contribution in [3.05, 3.63) is 6.07 Å². The first-order valence-electron chi connectivity index (χ1n) is 6.59. The molecule has 1 unspecified atom stereocenters. The maximum Gasteiger partial charge on any atom is 0.367 e. The second-order valence-electron chi connectivity index (χ2n) is 4.53. The lowest BCUT2D eigenvalue weighted by atomic mass is 10.6. The zero-order valence-corrected chi connectivity index (χ0v) is 15.0. The Morgan fingerprint density at radius 1 is 1.36 bits per heavy atom. The molecule has 136 valence electrons. The van der Waals surface area contributed by atoms with Crippen LogP contribution in [0.25, 0.3) is 0 Å². The molecular weight excluding hydrogens is 376 g/mol. The van der Waals surface area contributed by atoms with Crippen LogP contribution >= 0.6 is 11.8 Å². The van der Waals surface area contributed by atoms with Crippen LogP contribution in [-0.4, -0.2) is 66.9 Å². The summed E-state index contributed by atoms with van der Waals surface area (Å²) in [5.41, 5.74) is 0. The lowest BCUT2D eigenvalue weighted by molar-refractivity contribution is -0.125. The van der Waals surface area contributed by atoms with Gasteiger partial charge in [-0.05, 0) is 0 Å². The number of sulfonamides is 1. The lowest BCUT2D eigenvalue weighted by Gasteiger charge is -2.15. The van der Waals surface area contributed by atoms with Crippen molar-refractivity contribution in [3.63, 3.8) is 0 Å². The molecule has 1 aliphatic heterocycles. The zero-order valence-electron chi connectivity index (χ0n) is 13.4. The van der Waals surface area contributed by atoms with Crippen molar-refractivity contribution in [2.75, 3.05) is 32.3 Å². The van der Waals surface area contributed by atoms with E-state index in [9.17, 15) is 18.0 Å². The standard InChI is InChI=1S/C11H14N6O6S2/c1-17-8(18)5-24-11(17)25(20,21)16-15-10(19)14-9-12-6(22-2)4-7(13-9)23-3/h4,11H,5H2,1-3H3,(H,12,13,14,19). The number of thioether (sulfide) groups is 1. The van der Waals surface area contributed by atoms with Gasteiger partial charge in [0, 0.05) is 7.05 Å². The van der Waals surface area contributed by atoms with Crippen LogP contribution in [-0.2, 0) is 14.8 Å². The van der Waals surface area contributed by atoms with Crippen LogP contribution in [0.3, 0.4) is 0 Å². The molecule has 1 aromatic rings. The van der Waals surface area contributed by atoms with E-state index >= 15 is 0 Å². The van der Waals surface area contributed by atoms with E-state index in [1.54, 1.807) is 0 Å². The van der Waals surface area contributed by atoms with E-state index in [-0.39, 0.29) is 29.4 Å². The van der Waals surface area contributed by atoms with Crippen molar-refractivity contribution in [3.8, 4) is 11.8 Å². The van der Waals surface area contributed by atoms with Gasteiger partial charge in [0.05, 0.1) is 26.0 Å². The molecule has 1 saturated heterocycles. The Hall–Kier alpha value is -2.48. The van der Waals surface area contributed by atoms with Crippen molar-refractivity contribution < 1.29 is 27.5 Å². The molecule has 1 atom stereocenters. The molecule has 14 heteroatoms. The Labute approximate surface area is 147 Å². The fourth-order valence-corrected chi connectivity index (χ4v) is 4.31. The largest absolute Gasteiger partial charge is 0.481 e. The van der Waals surface area contributed by atoms with Crippen molar-refractivity contribution in [2.24, 2.45) is 9.63 Å². The van der Waals surface area contributed by atoms with Crippen LogP contribution in [0.4, 0.5) is 10.7 Å². The maximum atomic E-state index is 12.0. The van der Waals surface area contributed by atoms with Crippen molar-refractivity contribution >= 4 is 39.7 Å². The summed E-state index contributed by atoms with van der Waals surface area (Å²) in [5.74, 6) is -0.307. The smallest absolute Gasteiger partial charge is 0.367 e. The molecule has 1 aliphatic rings. The number of anilines is 1. The summed E-state index contributed by atoms with van der Waals surface area (Å²) in [7, 11) is -0.134. The maximum absolute atomic E-state index is 12.0. The third-order valence-corrected chi connectivity index (χ3v) is 6.16. The number of aromatic nitrogens is 2. The number of rotatable bonds is 5. The fraction of sp³-hybridized carbons (Fsp3) is 0.455. The molecule has 0 spiro atoms. The van der Waals surface area contributed by atoms with Gasteiger partial charge in [-0.3, -0.25) is 10.1 Å². The Morgan fingerprint density at radius 3 is 2.44 bits per heavy atom. The second-order valence-corrected chi connectivity index (χ2v) is 7.53. The third kappa shape index (κ3) is 4.54. The number of nitrogens with zero attached hydrogens (tertiary/aromatic N) is 5. The average Bonchev–Trinajstić information content (AvgIpc) is 2.92. The predicted molar refractivity (Wildman–Crippen MR) is 86.9 cm³/mol. The van der Waals surface area contributed by atoms with Gasteiger partial charge in [0.25, 0.3) is 0 Å². The van der Waals surface area contributed by atoms with E-state index in [4.69, 9.17) is 9.47 Å². The Bertz CT molecular complexity index is 791. The number of carbonyl (C=O) groups excluding carboxylic acids is 2. The summed E-state index contributed by atoms with van der Waals surface area (Å²) < 4.78 is 35.7. The minimum Gasteiger partial charge on any atom is -0.481 e. The SMILES string of the molecule is COc1cc(OC)nc(NC(=O)N=NS(=O)(=O)C2SCC(=O)N2C)n1. The number of methoxy groups -OCH3 is 2. The van der Waals surface area contributed by atoms with Gasteiger partial charge in [0.2, 0.25) is 28.3 Å². The van der Waals surface area contributed by atoms with E-state index < -0.39 is 20.8 Å². The highest BCUT2D eigenvalue weighted by Gasteiger charge is 2.39. The predicted octanol–water partition coefficient (Wildman–Crippen LogP) is 0.296. The molecule has 1 N–H and O–H groups in total. The summed E-state index contributed by atoms with van der Waals surface area (Å²) >= 11 is 0.876. The number of hydrogen-bond donors (Lipinski definition) is 1. The minimum atomic E-state index is -4.18. The van der Waals surface area contributed by atoms with E-state index in [1.807, 2.05) is 0 Å². The highest BCUT2D eigenvalue weighted by Crippen LogP contribution is 2.28. The van der Waals surface area contributed by atoms with E-state index in [2.05, 4.69) is 24.9 Å². The summed E-state index contributed by atoms with van der Waals surface area (Å²) in [4.78, 5) is 31.8. The van der Waals surface area contributed by atoms with E-state index in [0.717, 1.165) is 16.7 Å². The molecule has 3 amide bonds. The molecule has 12 nitrogen and oxygen atoms in total. The molecule has 0 radical (unpaired) electrons. The van der Waals surface area contributed by atoms with Gasteiger partial charge in [-0.2, -0.15) is 18.4 Å². The van der Waals surface area contributed by atoms with Crippen molar-refractivity contribution in [1.82, 2.24) is 14.9 Å². The highest BCUT2D eigenvalue weighted by molar-refractivity contribution is 8.13. The van der Waals surface area contributed by atoms with Crippen LogP contribution < -0.4 is 14.8 Å². The Kier molecular flexibility index (Phi) is 5.73. The van der Waals surface area contributed by atoms with Crippen LogP contribution in [0.15, 0.2) is 15.7 Å². The Morgan fingerprint density at radius 2 is 1.96 bits per heavy atom. The minimum absolute atomic E-state index is 0.0135. The molecule has 0 aromatic carbocycles. The fourth-order valence-electron chi connectivity index (χ4n) is 1.68. The average molecular weight is 390 g/mol. The normalized spacial score (nSPS) is 17.8. The topological polar surface area (TPSA) is 153 Å². The van der Waals surface area contributed by atoms with Gasteiger partial charge < -0.3 is 14.4 Å². The first-order valence-corrected chi connectivity index (χ1v) is 9.14. The number of ether oxygens (including phenoxy) is 2. The van der Waals surface area contributed by atoms with Crippen LogP contribution in [0, 0.1) is 0 Å². The monoisotopic (exact) mass is 390 g/mol. The third-order valence-electron chi connectivity index (χ3n) is 2.88. The van der Waals surface area contributed by atoms with Gasteiger partial charge in [0.1, 0.15) is 0 Å². The van der Waals surface area contributed by atoms with Crippen molar-refractivity contribution in [2.45, 2.75) is 4.71 Å². The molecule has 1 aromatic heterocycles. The second kappa shape index (κ2) is 7.60. The van der Waals surface area contributed by atoms with E-state index in [0.29, 0.717) is 0 Å². The number of urea groups is 1. The molecular formula is C11H14N6O6S2. The van der Waals surface area contributed by atoms with Gasteiger partial charge in [-0.1, -0.05) is 9.63 Å². The molecule has 2 rings (SSSR count). The van der Waals surface area contributed by atoms with Crippen LogP contribution in [0.1, 0.15) is 0 Å². The van der Waals surface area contributed by atoms with Gasteiger partial charge in [-0.25, -0.2) is 4.79 Å². The van der Waals surface area contributed by atoms with Crippen molar-refractivity contribution in [1.29, 1.82) is 0 Å². The summed E-state index contributed by atoms with van der Waals surface area (Å²) in [5, 5.41) is 5.22. The molecule has 25 heavy (non-hydrogen) atoms.